The van der Waals surface area contributed by atoms with E-state index in [0.29, 0.717) is 0 Å². The molecule has 1 rings (SSSR count). The van der Waals surface area contributed by atoms with E-state index in [2.05, 4.69) is 0 Å². The zero-order chi connectivity index (χ0) is 15.8. The molecule has 21 heavy (non-hydrogen) atoms. The van der Waals surface area contributed by atoms with Crippen molar-refractivity contribution in [3.63, 3.8) is 0 Å². The summed E-state index contributed by atoms with van der Waals surface area (Å²) >= 11 is 0. The Kier molecular flexibility index (Phi) is 7.44. The second kappa shape index (κ2) is 8.83. The van der Waals surface area contributed by atoms with Gasteiger partial charge in [-0.05, 0) is 13.3 Å². The highest BCUT2D eigenvalue weighted by molar-refractivity contribution is 5.89. The first-order chi connectivity index (χ1) is 10.0. The number of aliphatic hydroxyl groups is 3. The van der Waals surface area contributed by atoms with Crippen molar-refractivity contribution in [3.8, 4) is 0 Å². The van der Waals surface area contributed by atoms with Crippen LogP contribution >= 0.6 is 0 Å². The fraction of sp³-hybridized carbons (Fsp3) is 0.769. The number of hydrogen-bond acceptors (Lipinski definition) is 8. The third kappa shape index (κ3) is 5.16. The number of cyclic esters (lactones) is 1. The van der Waals surface area contributed by atoms with Crippen LogP contribution in [0.1, 0.15) is 26.7 Å². The summed E-state index contributed by atoms with van der Waals surface area (Å²) in [5.41, 5.74) is 0. The van der Waals surface area contributed by atoms with Crippen LogP contribution in [0.25, 0.3) is 0 Å². The van der Waals surface area contributed by atoms with Crippen molar-refractivity contribution in [3.05, 3.63) is 11.5 Å². The van der Waals surface area contributed by atoms with E-state index in [1.54, 1.807) is 0 Å². The SMILES string of the molecule is CCCCOC1=C(OOCC(C)O)[C@@H]([C@@H](O)CO)OC1=O. The van der Waals surface area contributed by atoms with E-state index in [1.165, 1.54) is 6.92 Å². The Bertz CT molecular complexity index is 365. The van der Waals surface area contributed by atoms with Crippen molar-refractivity contribution in [2.75, 3.05) is 19.8 Å². The Labute approximate surface area is 122 Å². The van der Waals surface area contributed by atoms with Crippen LogP contribution in [0.3, 0.4) is 0 Å². The summed E-state index contributed by atoms with van der Waals surface area (Å²) in [5.74, 6) is -1.12. The molecule has 3 N–H and O–H groups in total. The Morgan fingerprint density at radius 3 is 2.67 bits per heavy atom. The molecule has 8 heteroatoms. The van der Waals surface area contributed by atoms with Gasteiger partial charge in [0.15, 0.2) is 6.10 Å². The second-order valence-electron chi connectivity index (χ2n) is 4.69. The molecule has 0 aromatic carbocycles. The number of ether oxygens (including phenoxy) is 2. The molecule has 0 radical (unpaired) electrons. The maximum absolute atomic E-state index is 11.7. The molecule has 0 aliphatic carbocycles. The Morgan fingerprint density at radius 2 is 2.10 bits per heavy atom. The standard InChI is InChI=1S/C13H22O8/c1-3-4-5-18-12-11(21-19-7-8(2)15)10(9(16)6-14)20-13(12)17/h8-10,14-16H,3-7H2,1-2H3/t8?,9-,10+/m0/s1. The maximum atomic E-state index is 11.7. The highest BCUT2D eigenvalue weighted by Gasteiger charge is 2.43. The lowest BCUT2D eigenvalue weighted by atomic mass is 10.2. The normalized spacial score (nSPS) is 21.2. The topological polar surface area (TPSA) is 115 Å². The quantitative estimate of drug-likeness (QED) is 0.217. The molecule has 1 aliphatic rings. The molecule has 0 bridgehead atoms. The van der Waals surface area contributed by atoms with Gasteiger partial charge in [-0.2, -0.15) is 4.89 Å². The average molecular weight is 306 g/mol. The number of unbranched alkanes of at least 4 members (excludes halogenated alkanes) is 1. The van der Waals surface area contributed by atoms with E-state index in [1.807, 2.05) is 6.92 Å². The molecule has 1 heterocycles. The summed E-state index contributed by atoms with van der Waals surface area (Å²) in [6.45, 7) is 2.98. The van der Waals surface area contributed by atoms with Crippen molar-refractivity contribution in [1.82, 2.24) is 0 Å². The van der Waals surface area contributed by atoms with Crippen LogP contribution < -0.4 is 0 Å². The van der Waals surface area contributed by atoms with Gasteiger partial charge in [-0.25, -0.2) is 4.79 Å². The van der Waals surface area contributed by atoms with Crippen molar-refractivity contribution in [2.45, 2.75) is 45.0 Å². The predicted octanol–water partition coefficient (Wildman–Crippen LogP) is -0.378. The van der Waals surface area contributed by atoms with Crippen LogP contribution in [-0.4, -0.2) is 59.4 Å². The minimum Gasteiger partial charge on any atom is -0.484 e. The van der Waals surface area contributed by atoms with Gasteiger partial charge < -0.3 is 29.7 Å². The molecule has 1 aliphatic heterocycles. The first-order valence-corrected chi connectivity index (χ1v) is 6.85. The van der Waals surface area contributed by atoms with E-state index in [4.69, 9.17) is 29.5 Å². The number of carbonyl (C=O) groups is 1. The first kappa shape index (κ1) is 17.7. The first-order valence-electron chi connectivity index (χ1n) is 6.85. The van der Waals surface area contributed by atoms with Gasteiger partial charge in [0.25, 0.3) is 5.76 Å². The summed E-state index contributed by atoms with van der Waals surface area (Å²) < 4.78 is 10.2. The maximum Gasteiger partial charge on any atom is 0.378 e. The van der Waals surface area contributed by atoms with Crippen molar-refractivity contribution in [1.29, 1.82) is 0 Å². The number of hydrogen-bond donors (Lipinski definition) is 3. The lowest BCUT2D eigenvalue weighted by molar-refractivity contribution is -0.284. The zero-order valence-corrected chi connectivity index (χ0v) is 12.2. The lowest BCUT2D eigenvalue weighted by Gasteiger charge is -2.17. The minimum absolute atomic E-state index is 0.137. The zero-order valence-electron chi connectivity index (χ0n) is 12.2. The molecule has 0 aromatic rings. The summed E-state index contributed by atoms with van der Waals surface area (Å²) in [5, 5.41) is 27.7. The molecule has 3 atom stereocenters. The Morgan fingerprint density at radius 1 is 1.38 bits per heavy atom. The molecule has 0 saturated carbocycles. The predicted molar refractivity (Wildman–Crippen MR) is 69.6 cm³/mol. The minimum atomic E-state index is -1.36. The van der Waals surface area contributed by atoms with Crippen LogP contribution in [-0.2, 0) is 24.0 Å². The van der Waals surface area contributed by atoms with Gasteiger partial charge in [0.2, 0.25) is 5.76 Å². The number of aliphatic hydroxyl groups excluding tert-OH is 3. The van der Waals surface area contributed by atoms with E-state index in [9.17, 15) is 9.90 Å². The summed E-state index contributed by atoms with van der Waals surface area (Å²) in [4.78, 5) is 21.4. The van der Waals surface area contributed by atoms with E-state index < -0.39 is 30.9 Å². The molecule has 0 amide bonds. The molecule has 0 spiro atoms. The van der Waals surface area contributed by atoms with Gasteiger partial charge in [-0.15, -0.1) is 0 Å². The smallest absolute Gasteiger partial charge is 0.378 e. The summed E-state index contributed by atoms with van der Waals surface area (Å²) in [6, 6.07) is 0. The number of esters is 1. The number of rotatable bonds is 10. The highest BCUT2D eigenvalue weighted by Crippen LogP contribution is 2.27. The summed E-state index contributed by atoms with van der Waals surface area (Å²) in [7, 11) is 0. The molecular weight excluding hydrogens is 284 g/mol. The molecule has 0 fully saturated rings. The van der Waals surface area contributed by atoms with Crippen molar-refractivity contribution >= 4 is 5.97 Å². The largest absolute Gasteiger partial charge is 0.484 e. The third-order valence-corrected chi connectivity index (χ3v) is 2.64. The fourth-order valence-electron chi connectivity index (χ4n) is 1.53. The highest BCUT2D eigenvalue weighted by atomic mass is 17.2. The third-order valence-electron chi connectivity index (χ3n) is 2.64. The van der Waals surface area contributed by atoms with Gasteiger partial charge in [-0.1, -0.05) is 13.3 Å². The number of carbonyl (C=O) groups excluding carboxylic acids is 1. The molecule has 122 valence electrons. The fourth-order valence-corrected chi connectivity index (χ4v) is 1.53. The van der Waals surface area contributed by atoms with E-state index in [-0.39, 0.29) is 24.7 Å². The van der Waals surface area contributed by atoms with Gasteiger partial charge in [0.1, 0.15) is 12.7 Å². The van der Waals surface area contributed by atoms with Crippen molar-refractivity contribution in [2.24, 2.45) is 0 Å². The second-order valence-corrected chi connectivity index (χ2v) is 4.69. The molecule has 0 saturated heterocycles. The summed E-state index contributed by atoms with van der Waals surface area (Å²) in [6.07, 6.45) is -1.72. The molecule has 0 aromatic heterocycles. The van der Waals surface area contributed by atoms with Gasteiger partial charge >= 0.3 is 5.97 Å². The average Bonchev–Trinajstić information content (AvgIpc) is 2.75. The molecule has 8 nitrogen and oxygen atoms in total. The Balaban J connectivity index is 2.79. The van der Waals surface area contributed by atoms with Crippen LogP contribution in [0.15, 0.2) is 11.5 Å². The van der Waals surface area contributed by atoms with Crippen LogP contribution in [0.5, 0.6) is 0 Å². The molecular formula is C13H22O8. The lowest BCUT2D eigenvalue weighted by Crippen LogP contribution is -2.32. The van der Waals surface area contributed by atoms with E-state index in [0.717, 1.165) is 12.8 Å². The van der Waals surface area contributed by atoms with Gasteiger partial charge in [-0.3, -0.25) is 0 Å². The van der Waals surface area contributed by atoms with Crippen LogP contribution in [0.4, 0.5) is 0 Å². The van der Waals surface area contributed by atoms with Gasteiger partial charge in [0, 0.05) is 0 Å². The monoisotopic (exact) mass is 306 g/mol. The Hall–Kier alpha value is -1.35. The van der Waals surface area contributed by atoms with Crippen molar-refractivity contribution < 1.29 is 39.4 Å². The van der Waals surface area contributed by atoms with E-state index >= 15 is 0 Å². The molecule has 1 unspecified atom stereocenters. The van der Waals surface area contributed by atoms with Crippen LogP contribution in [0, 0.1) is 0 Å². The van der Waals surface area contributed by atoms with Crippen LogP contribution in [0.2, 0.25) is 0 Å². The van der Waals surface area contributed by atoms with Gasteiger partial charge in [0.05, 0.1) is 19.3 Å².